The molecule has 0 amide bonds. The molecule has 0 aliphatic heterocycles. The number of carbonyl (C=O) groups excluding carboxylic acids is 1. The zero-order valence-corrected chi connectivity index (χ0v) is 10.8. The van der Waals surface area contributed by atoms with Gasteiger partial charge < -0.3 is 0 Å². The minimum absolute atomic E-state index is 0.153. The van der Waals surface area contributed by atoms with Crippen LogP contribution in [0.3, 0.4) is 0 Å². The molecule has 0 saturated carbocycles. The first-order valence-electron chi connectivity index (χ1n) is 5.50. The van der Waals surface area contributed by atoms with Crippen LogP contribution in [0.1, 0.15) is 15.9 Å². The number of carbonyl (C=O) groups is 1. The van der Waals surface area contributed by atoms with Crippen LogP contribution in [-0.2, 0) is 6.18 Å². The molecule has 0 bridgehead atoms. The Bertz CT molecular complexity index is 637. The van der Waals surface area contributed by atoms with Crippen LogP contribution < -0.4 is 0 Å². The van der Waals surface area contributed by atoms with Gasteiger partial charge in [0, 0.05) is 15.4 Å². The van der Waals surface area contributed by atoms with Gasteiger partial charge in [0.2, 0.25) is 0 Å². The summed E-state index contributed by atoms with van der Waals surface area (Å²) in [5.74, 6) is -0.509. The van der Waals surface area contributed by atoms with Crippen LogP contribution in [0.5, 0.6) is 0 Å². The maximum atomic E-state index is 13.5. The third-order valence-electron chi connectivity index (χ3n) is 2.52. The second-order valence-corrected chi connectivity index (χ2v) is 5.01. The lowest BCUT2D eigenvalue weighted by Crippen LogP contribution is -2.08. The molecule has 2 aromatic rings. The highest BCUT2D eigenvalue weighted by Gasteiger charge is 2.33. The number of benzene rings is 2. The topological polar surface area (TPSA) is 17.1 Å². The number of aldehydes is 1. The average molecular weight is 300 g/mol. The molecule has 0 atom stereocenters. The van der Waals surface area contributed by atoms with Gasteiger partial charge in [-0.15, -0.1) is 0 Å². The average Bonchev–Trinajstić information content (AvgIpc) is 2.40. The second kappa shape index (κ2) is 5.66. The summed E-state index contributed by atoms with van der Waals surface area (Å²) in [6.07, 6.45) is -4.47. The summed E-state index contributed by atoms with van der Waals surface area (Å²) in [5.41, 5.74) is -1.45. The molecular weight excluding hydrogens is 292 g/mol. The van der Waals surface area contributed by atoms with Crippen molar-refractivity contribution in [2.24, 2.45) is 0 Å². The number of alkyl halides is 3. The monoisotopic (exact) mass is 300 g/mol. The lowest BCUT2D eigenvalue weighted by molar-refractivity contribution is -0.138. The largest absolute Gasteiger partial charge is 0.417 e. The van der Waals surface area contributed by atoms with Crippen LogP contribution in [0.2, 0.25) is 0 Å². The van der Waals surface area contributed by atoms with Crippen LogP contribution >= 0.6 is 11.8 Å². The fraction of sp³-hybridized carbons (Fsp3) is 0.0714. The Hall–Kier alpha value is -1.82. The first-order chi connectivity index (χ1) is 9.41. The Balaban J connectivity index is 2.40. The Morgan fingerprint density at radius 1 is 1.05 bits per heavy atom. The van der Waals surface area contributed by atoms with Gasteiger partial charge in [-0.1, -0.05) is 23.9 Å². The van der Waals surface area contributed by atoms with Crippen LogP contribution in [0, 0.1) is 5.82 Å². The van der Waals surface area contributed by atoms with Gasteiger partial charge in [-0.2, -0.15) is 13.2 Å². The Morgan fingerprint density at radius 3 is 2.35 bits per heavy atom. The molecule has 0 aliphatic carbocycles. The van der Waals surface area contributed by atoms with Crippen molar-refractivity contribution < 1.29 is 22.4 Å². The van der Waals surface area contributed by atoms with E-state index in [1.54, 1.807) is 6.07 Å². The smallest absolute Gasteiger partial charge is 0.298 e. The third-order valence-corrected chi connectivity index (χ3v) is 3.56. The van der Waals surface area contributed by atoms with E-state index in [0.717, 1.165) is 23.9 Å². The molecular formula is C14H8F4OS. The molecule has 0 spiro atoms. The maximum absolute atomic E-state index is 13.5. The molecule has 0 heterocycles. The standard InChI is InChI=1S/C14H8F4OS/c15-12-3-1-2-4-13(12)20-10-6-5-9(8-19)11(7-10)14(16,17)18/h1-8H. The minimum atomic E-state index is -4.62. The third kappa shape index (κ3) is 3.19. The van der Waals surface area contributed by atoms with E-state index in [2.05, 4.69) is 0 Å². The number of halogens is 4. The minimum Gasteiger partial charge on any atom is -0.298 e. The summed E-state index contributed by atoms with van der Waals surface area (Å²) in [4.78, 5) is 11.1. The highest BCUT2D eigenvalue weighted by atomic mass is 32.2. The van der Waals surface area contributed by atoms with Gasteiger partial charge in [0.25, 0.3) is 0 Å². The Morgan fingerprint density at radius 2 is 1.75 bits per heavy atom. The number of rotatable bonds is 3. The summed E-state index contributed by atoms with van der Waals surface area (Å²) in [7, 11) is 0. The van der Waals surface area contributed by atoms with Crippen LogP contribution in [-0.4, -0.2) is 6.29 Å². The molecule has 0 N–H and O–H groups in total. The van der Waals surface area contributed by atoms with E-state index in [1.807, 2.05) is 0 Å². The Kier molecular flexibility index (Phi) is 4.13. The van der Waals surface area contributed by atoms with Gasteiger partial charge in [-0.25, -0.2) is 4.39 Å². The molecule has 104 valence electrons. The van der Waals surface area contributed by atoms with Crippen molar-refractivity contribution >= 4 is 18.0 Å². The molecule has 2 rings (SSSR count). The lowest BCUT2D eigenvalue weighted by atomic mass is 10.1. The molecule has 0 radical (unpaired) electrons. The van der Waals surface area contributed by atoms with Gasteiger partial charge in [0.15, 0.2) is 6.29 Å². The highest BCUT2D eigenvalue weighted by Crippen LogP contribution is 2.36. The van der Waals surface area contributed by atoms with Crippen molar-refractivity contribution in [1.29, 1.82) is 0 Å². The molecule has 0 unspecified atom stereocenters. The summed E-state index contributed by atoms with van der Waals surface area (Å²) in [6.45, 7) is 0. The van der Waals surface area contributed by atoms with Crippen molar-refractivity contribution in [2.75, 3.05) is 0 Å². The van der Waals surface area contributed by atoms with Gasteiger partial charge in [-0.05, 0) is 30.3 Å². The van der Waals surface area contributed by atoms with E-state index in [1.165, 1.54) is 24.3 Å². The predicted molar refractivity (Wildman–Crippen MR) is 67.4 cm³/mol. The molecule has 0 aromatic heterocycles. The van der Waals surface area contributed by atoms with Gasteiger partial charge >= 0.3 is 6.18 Å². The van der Waals surface area contributed by atoms with Crippen molar-refractivity contribution in [1.82, 2.24) is 0 Å². The lowest BCUT2D eigenvalue weighted by Gasteiger charge is -2.11. The second-order valence-electron chi connectivity index (χ2n) is 3.90. The van der Waals surface area contributed by atoms with Gasteiger partial charge in [0.05, 0.1) is 5.56 Å². The molecule has 6 heteroatoms. The summed E-state index contributed by atoms with van der Waals surface area (Å²) in [5, 5.41) is 0. The first kappa shape index (κ1) is 14.6. The number of hydrogen-bond donors (Lipinski definition) is 0. The molecule has 0 saturated heterocycles. The zero-order valence-electron chi connectivity index (χ0n) is 9.95. The first-order valence-corrected chi connectivity index (χ1v) is 6.32. The van der Waals surface area contributed by atoms with Crippen LogP contribution in [0.25, 0.3) is 0 Å². The van der Waals surface area contributed by atoms with Gasteiger partial charge in [-0.3, -0.25) is 4.79 Å². The fourth-order valence-corrected chi connectivity index (χ4v) is 2.48. The van der Waals surface area contributed by atoms with Crippen LogP contribution in [0.4, 0.5) is 17.6 Å². The Labute approximate surface area is 116 Å². The molecule has 2 aromatic carbocycles. The van der Waals surface area contributed by atoms with E-state index in [-0.39, 0.29) is 16.1 Å². The predicted octanol–water partition coefficient (Wildman–Crippen LogP) is 4.81. The van der Waals surface area contributed by atoms with E-state index >= 15 is 0 Å². The molecule has 0 fully saturated rings. The molecule has 1 nitrogen and oxygen atoms in total. The van der Waals surface area contributed by atoms with Crippen molar-refractivity contribution in [2.45, 2.75) is 16.0 Å². The summed E-state index contributed by atoms with van der Waals surface area (Å²) >= 11 is 0.873. The number of hydrogen-bond acceptors (Lipinski definition) is 2. The molecule has 20 heavy (non-hydrogen) atoms. The zero-order chi connectivity index (χ0) is 14.8. The van der Waals surface area contributed by atoms with Crippen molar-refractivity contribution in [3.05, 3.63) is 59.4 Å². The van der Waals surface area contributed by atoms with E-state index in [4.69, 9.17) is 0 Å². The SMILES string of the molecule is O=Cc1ccc(Sc2ccccc2F)cc1C(F)(F)F. The van der Waals surface area contributed by atoms with Crippen LogP contribution in [0.15, 0.2) is 52.3 Å². The van der Waals surface area contributed by atoms with E-state index in [0.29, 0.717) is 0 Å². The van der Waals surface area contributed by atoms with Crippen molar-refractivity contribution in [3.63, 3.8) is 0 Å². The maximum Gasteiger partial charge on any atom is 0.417 e. The summed E-state index contributed by atoms with van der Waals surface area (Å²) < 4.78 is 51.8. The van der Waals surface area contributed by atoms with Gasteiger partial charge in [0.1, 0.15) is 5.82 Å². The highest BCUT2D eigenvalue weighted by molar-refractivity contribution is 7.99. The quantitative estimate of drug-likeness (QED) is 0.598. The normalized spacial score (nSPS) is 11.4. The fourth-order valence-electron chi connectivity index (χ4n) is 1.60. The van der Waals surface area contributed by atoms with Crippen molar-refractivity contribution in [3.8, 4) is 0 Å². The van der Waals surface area contributed by atoms with E-state index < -0.39 is 23.1 Å². The summed E-state index contributed by atoms with van der Waals surface area (Å²) in [6, 6.07) is 9.08. The molecule has 0 aliphatic rings. The van der Waals surface area contributed by atoms with E-state index in [9.17, 15) is 22.4 Å².